The summed E-state index contributed by atoms with van der Waals surface area (Å²) in [7, 11) is 0. The molecule has 0 unspecified atom stereocenters. The number of hydrogen-bond donors (Lipinski definition) is 1. The average molecular weight is 369 g/mol. The molecule has 1 aliphatic carbocycles. The Balaban J connectivity index is 2.12. The molecular weight excluding hydrogens is 357 g/mol. The standard InChI is InChI=1S/C13H12BrF3O2S/c14-8-1-2-10(9(5-8)13(15,16)17)20-7-12(3-4-12)6-11(18)19/h1-2,5H,3-4,6-7H2,(H,18,19). The van der Waals surface area contributed by atoms with Gasteiger partial charge in [0.15, 0.2) is 0 Å². The summed E-state index contributed by atoms with van der Waals surface area (Å²) in [5, 5.41) is 8.81. The Morgan fingerprint density at radius 2 is 2.05 bits per heavy atom. The summed E-state index contributed by atoms with van der Waals surface area (Å²) < 4.78 is 39.2. The minimum atomic E-state index is -4.41. The van der Waals surface area contributed by atoms with Crippen molar-refractivity contribution in [2.75, 3.05) is 5.75 Å². The van der Waals surface area contributed by atoms with Gasteiger partial charge in [0.2, 0.25) is 0 Å². The number of aliphatic carboxylic acids is 1. The fourth-order valence-corrected chi connectivity index (χ4v) is 3.66. The Kier molecular flexibility index (Phi) is 4.39. The number of hydrogen-bond acceptors (Lipinski definition) is 2. The maximum atomic E-state index is 12.9. The van der Waals surface area contributed by atoms with E-state index >= 15 is 0 Å². The van der Waals surface area contributed by atoms with E-state index in [1.165, 1.54) is 6.07 Å². The molecule has 0 amide bonds. The topological polar surface area (TPSA) is 37.3 Å². The van der Waals surface area contributed by atoms with Crippen LogP contribution in [-0.4, -0.2) is 16.8 Å². The van der Waals surface area contributed by atoms with Crippen LogP contribution in [0.3, 0.4) is 0 Å². The van der Waals surface area contributed by atoms with Gasteiger partial charge in [0.25, 0.3) is 0 Å². The molecule has 2 nitrogen and oxygen atoms in total. The Labute approximate surface area is 126 Å². The number of halogens is 4. The molecule has 0 atom stereocenters. The molecule has 0 aliphatic heterocycles. The van der Waals surface area contributed by atoms with E-state index in [1.807, 2.05) is 0 Å². The molecule has 1 saturated carbocycles. The highest BCUT2D eigenvalue weighted by Crippen LogP contribution is 2.52. The second-order valence-electron chi connectivity index (χ2n) is 5.00. The summed E-state index contributed by atoms with van der Waals surface area (Å²) in [5.41, 5.74) is -1.00. The first-order valence-corrected chi connectivity index (χ1v) is 7.71. The lowest BCUT2D eigenvalue weighted by Crippen LogP contribution is -2.12. The number of thioether (sulfide) groups is 1. The van der Waals surface area contributed by atoms with Crippen molar-refractivity contribution >= 4 is 33.7 Å². The minimum absolute atomic E-state index is 0.0257. The highest BCUT2D eigenvalue weighted by Gasteiger charge is 2.44. The van der Waals surface area contributed by atoms with Crippen LogP contribution in [0.25, 0.3) is 0 Å². The Hall–Kier alpha value is -0.690. The molecule has 1 fully saturated rings. The molecule has 0 bridgehead atoms. The van der Waals surface area contributed by atoms with E-state index < -0.39 is 17.7 Å². The third-order valence-corrected chi connectivity index (χ3v) is 5.18. The first-order chi connectivity index (χ1) is 9.22. The largest absolute Gasteiger partial charge is 0.481 e. The van der Waals surface area contributed by atoms with Crippen LogP contribution in [0.15, 0.2) is 27.6 Å². The lowest BCUT2D eigenvalue weighted by molar-refractivity contribution is -0.140. The fraction of sp³-hybridized carbons (Fsp3) is 0.462. The monoisotopic (exact) mass is 368 g/mol. The van der Waals surface area contributed by atoms with Crippen LogP contribution in [0.5, 0.6) is 0 Å². The van der Waals surface area contributed by atoms with Gasteiger partial charge in [-0.2, -0.15) is 13.2 Å². The maximum Gasteiger partial charge on any atom is 0.417 e. The van der Waals surface area contributed by atoms with Gasteiger partial charge < -0.3 is 5.11 Å². The van der Waals surface area contributed by atoms with Crippen molar-refractivity contribution in [3.8, 4) is 0 Å². The molecule has 0 heterocycles. The number of benzene rings is 1. The van der Waals surface area contributed by atoms with Gasteiger partial charge in [0.05, 0.1) is 12.0 Å². The van der Waals surface area contributed by atoms with Gasteiger partial charge >= 0.3 is 12.1 Å². The Bertz CT molecular complexity index is 527. The van der Waals surface area contributed by atoms with Crippen molar-refractivity contribution in [3.05, 3.63) is 28.2 Å². The average Bonchev–Trinajstić information content (AvgIpc) is 3.05. The molecule has 0 aromatic heterocycles. The number of alkyl halides is 3. The van der Waals surface area contributed by atoms with E-state index in [2.05, 4.69) is 15.9 Å². The normalized spacial score (nSPS) is 17.0. The lowest BCUT2D eigenvalue weighted by atomic mass is 10.1. The van der Waals surface area contributed by atoms with Crippen LogP contribution in [0.1, 0.15) is 24.8 Å². The predicted octanol–water partition coefficient (Wildman–Crippen LogP) is 4.81. The quantitative estimate of drug-likeness (QED) is 0.757. The molecular formula is C13H12BrF3O2S. The molecule has 0 radical (unpaired) electrons. The molecule has 1 N–H and O–H groups in total. The number of rotatable bonds is 5. The molecule has 0 saturated heterocycles. The first-order valence-electron chi connectivity index (χ1n) is 5.93. The van der Waals surface area contributed by atoms with Gasteiger partial charge in [-0.05, 0) is 36.5 Å². The van der Waals surface area contributed by atoms with Crippen molar-refractivity contribution in [2.24, 2.45) is 5.41 Å². The summed E-state index contributed by atoms with van der Waals surface area (Å²) in [5.74, 6) is -0.487. The summed E-state index contributed by atoms with van der Waals surface area (Å²) in [6.45, 7) is 0. The second kappa shape index (κ2) is 5.60. The smallest absolute Gasteiger partial charge is 0.417 e. The summed E-state index contributed by atoms with van der Waals surface area (Å²) >= 11 is 4.13. The molecule has 2 rings (SSSR count). The van der Waals surface area contributed by atoms with Gasteiger partial charge in [-0.15, -0.1) is 11.8 Å². The van der Waals surface area contributed by atoms with Crippen LogP contribution in [0, 0.1) is 5.41 Å². The molecule has 1 aliphatic rings. The number of carbonyl (C=O) groups is 1. The van der Waals surface area contributed by atoms with Gasteiger partial charge in [0.1, 0.15) is 0 Å². The van der Waals surface area contributed by atoms with E-state index in [4.69, 9.17) is 5.11 Å². The summed E-state index contributed by atoms with van der Waals surface area (Å²) in [4.78, 5) is 10.9. The van der Waals surface area contributed by atoms with Crippen molar-refractivity contribution in [3.63, 3.8) is 0 Å². The van der Waals surface area contributed by atoms with E-state index in [1.54, 1.807) is 6.07 Å². The summed E-state index contributed by atoms with van der Waals surface area (Å²) in [6, 6.07) is 4.04. The Morgan fingerprint density at radius 1 is 1.40 bits per heavy atom. The van der Waals surface area contributed by atoms with Crippen molar-refractivity contribution in [2.45, 2.75) is 30.3 Å². The van der Waals surface area contributed by atoms with E-state index in [0.717, 1.165) is 30.7 Å². The van der Waals surface area contributed by atoms with Crippen LogP contribution in [0.4, 0.5) is 13.2 Å². The van der Waals surface area contributed by atoms with Crippen LogP contribution < -0.4 is 0 Å². The minimum Gasteiger partial charge on any atom is -0.481 e. The van der Waals surface area contributed by atoms with E-state index in [9.17, 15) is 18.0 Å². The zero-order valence-electron chi connectivity index (χ0n) is 10.3. The van der Waals surface area contributed by atoms with Gasteiger partial charge in [-0.3, -0.25) is 4.79 Å². The van der Waals surface area contributed by atoms with Crippen molar-refractivity contribution in [1.82, 2.24) is 0 Å². The van der Waals surface area contributed by atoms with Gasteiger partial charge in [0, 0.05) is 15.1 Å². The third kappa shape index (κ3) is 3.91. The number of carboxylic acid groups (broad SMARTS) is 1. The van der Waals surface area contributed by atoms with Crippen LogP contribution >= 0.6 is 27.7 Å². The maximum absolute atomic E-state index is 12.9. The highest BCUT2D eigenvalue weighted by atomic mass is 79.9. The molecule has 1 aromatic carbocycles. The van der Waals surface area contributed by atoms with Crippen molar-refractivity contribution in [1.29, 1.82) is 0 Å². The lowest BCUT2D eigenvalue weighted by Gasteiger charge is -2.16. The highest BCUT2D eigenvalue weighted by molar-refractivity contribution is 9.10. The Morgan fingerprint density at radius 3 is 2.55 bits per heavy atom. The van der Waals surface area contributed by atoms with Crippen LogP contribution in [0.2, 0.25) is 0 Å². The second-order valence-corrected chi connectivity index (χ2v) is 6.93. The van der Waals surface area contributed by atoms with Crippen molar-refractivity contribution < 1.29 is 23.1 Å². The molecule has 7 heteroatoms. The third-order valence-electron chi connectivity index (χ3n) is 3.26. The predicted molar refractivity (Wildman–Crippen MR) is 73.8 cm³/mol. The molecule has 0 spiro atoms. The fourth-order valence-electron chi connectivity index (χ4n) is 1.95. The SMILES string of the molecule is O=C(O)CC1(CSc2ccc(Br)cc2C(F)(F)F)CC1. The molecule has 110 valence electrons. The van der Waals surface area contributed by atoms with Gasteiger partial charge in [-0.25, -0.2) is 0 Å². The van der Waals surface area contributed by atoms with E-state index in [0.29, 0.717) is 10.2 Å². The van der Waals surface area contributed by atoms with E-state index in [-0.39, 0.29) is 16.7 Å². The zero-order valence-corrected chi connectivity index (χ0v) is 12.7. The number of carboxylic acids is 1. The zero-order chi connectivity index (χ0) is 15.0. The van der Waals surface area contributed by atoms with Gasteiger partial charge in [-0.1, -0.05) is 15.9 Å². The summed E-state index contributed by atoms with van der Waals surface area (Å²) in [6.07, 6.45) is -2.85. The first kappa shape index (κ1) is 15.7. The van der Waals surface area contributed by atoms with Crippen LogP contribution in [-0.2, 0) is 11.0 Å². The molecule has 1 aromatic rings. The molecule has 20 heavy (non-hydrogen) atoms.